The lowest BCUT2D eigenvalue weighted by molar-refractivity contribution is -0.145. The first-order valence-corrected chi connectivity index (χ1v) is 12.4. The highest BCUT2D eigenvalue weighted by atomic mass is 35.5. The fourth-order valence-electron chi connectivity index (χ4n) is 2.68. The largest absolute Gasteiger partial charge is 0.479 e. The normalized spacial score (nSPS) is 14.3. The van der Waals surface area contributed by atoms with E-state index in [1.807, 2.05) is 0 Å². The quantitative estimate of drug-likeness (QED) is 0.224. The Morgan fingerprint density at radius 1 is 1.09 bits per heavy atom. The third-order valence-electron chi connectivity index (χ3n) is 4.14. The molecule has 0 aliphatic carbocycles. The number of benzene rings is 2. The Balaban J connectivity index is 1.69. The maximum Gasteiger partial charge on any atom is 0.344 e. The summed E-state index contributed by atoms with van der Waals surface area (Å²) in [5.74, 6) is -1.02. The second-order valence-corrected chi connectivity index (χ2v) is 9.92. The predicted octanol–water partition coefficient (Wildman–Crippen LogP) is 6.18. The van der Waals surface area contributed by atoms with Gasteiger partial charge in [-0.25, -0.2) is 15.0 Å². The average molecular weight is 595 g/mol. The van der Waals surface area contributed by atoms with E-state index in [4.69, 9.17) is 68.1 Å². The number of halogens is 4. The van der Waals surface area contributed by atoms with Crippen LogP contribution in [0.2, 0.25) is 20.1 Å². The summed E-state index contributed by atoms with van der Waals surface area (Å²) >= 11 is 30.5. The van der Waals surface area contributed by atoms with Gasteiger partial charge in [-0.05, 0) is 61.1 Å². The number of thioether (sulfide) groups is 1. The van der Waals surface area contributed by atoms with Crippen LogP contribution in [-0.2, 0) is 14.3 Å². The summed E-state index contributed by atoms with van der Waals surface area (Å²) in [7, 11) is 0. The van der Waals surface area contributed by atoms with E-state index in [1.165, 1.54) is 30.3 Å². The first-order chi connectivity index (χ1) is 16.6. The lowest BCUT2D eigenvalue weighted by atomic mass is 10.2. The number of thiocarbonyl (C=S) groups is 1. The zero-order valence-electron chi connectivity index (χ0n) is 17.7. The number of carbonyl (C=O) groups excluding carboxylic acids is 3. The van der Waals surface area contributed by atoms with Crippen LogP contribution in [0.4, 0.5) is 10.5 Å². The predicted molar refractivity (Wildman–Crippen MR) is 142 cm³/mol. The minimum atomic E-state index is -0.713. The van der Waals surface area contributed by atoms with Gasteiger partial charge in [0.25, 0.3) is 5.91 Å². The smallest absolute Gasteiger partial charge is 0.344 e. The molecule has 2 aromatic rings. The Morgan fingerprint density at radius 3 is 2.40 bits per heavy atom. The molecule has 0 radical (unpaired) electrons. The van der Waals surface area contributed by atoms with E-state index in [0.29, 0.717) is 16.3 Å². The van der Waals surface area contributed by atoms with Crippen molar-refractivity contribution in [3.05, 3.63) is 60.9 Å². The standard InChI is InChI=1S/C21H15Cl4N3O5S2/c1-2-32-17(29)9-33-18-14(24)5-10(6-15(18)25)7-16-19(30)28(21(34)35-16)27-20(31)26-11-3-4-12(22)13(23)8-11/h3-8H,2,9H2,1H3,(H2,26,27,31)/b16-7-. The van der Waals surface area contributed by atoms with Crippen LogP contribution < -0.4 is 15.5 Å². The summed E-state index contributed by atoms with van der Waals surface area (Å²) in [6, 6.07) is 6.82. The SMILES string of the molecule is CCOC(=O)COc1c(Cl)cc(/C=C2\SC(=S)N(NC(=O)Nc3ccc(Cl)c(Cl)c3)C2=O)cc1Cl. The van der Waals surface area contributed by atoms with Gasteiger partial charge in [0.05, 0.1) is 31.6 Å². The number of carbonyl (C=O) groups is 3. The van der Waals surface area contributed by atoms with Crippen LogP contribution in [0.25, 0.3) is 6.08 Å². The molecule has 3 amide bonds. The summed E-state index contributed by atoms with van der Waals surface area (Å²) in [5.41, 5.74) is 3.23. The number of urea groups is 1. The van der Waals surface area contributed by atoms with Gasteiger partial charge in [0.1, 0.15) is 0 Å². The molecule has 184 valence electrons. The first-order valence-electron chi connectivity index (χ1n) is 9.67. The van der Waals surface area contributed by atoms with Crippen molar-refractivity contribution in [2.45, 2.75) is 6.92 Å². The molecule has 0 bridgehead atoms. The molecular weight excluding hydrogens is 580 g/mol. The lowest BCUT2D eigenvalue weighted by Gasteiger charge is -2.16. The molecule has 14 heteroatoms. The molecule has 0 saturated carbocycles. The van der Waals surface area contributed by atoms with E-state index in [2.05, 4.69) is 10.7 Å². The van der Waals surface area contributed by atoms with Crippen LogP contribution in [0.15, 0.2) is 35.2 Å². The molecule has 1 aliphatic rings. The van der Waals surface area contributed by atoms with Gasteiger partial charge in [0.15, 0.2) is 16.7 Å². The number of nitrogens with zero attached hydrogens (tertiary/aromatic N) is 1. The van der Waals surface area contributed by atoms with Gasteiger partial charge in [-0.15, -0.1) is 0 Å². The van der Waals surface area contributed by atoms with Crippen molar-refractivity contribution in [1.29, 1.82) is 0 Å². The lowest BCUT2D eigenvalue weighted by Crippen LogP contribution is -2.46. The maximum absolute atomic E-state index is 12.8. The Kier molecular flexibility index (Phi) is 9.51. The summed E-state index contributed by atoms with van der Waals surface area (Å²) in [6.07, 6.45) is 1.50. The summed E-state index contributed by atoms with van der Waals surface area (Å²) in [5, 5.41) is 4.31. The van der Waals surface area contributed by atoms with Crippen LogP contribution in [0.1, 0.15) is 12.5 Å². The van der Waals surface area contributed by atoms with Crippen LogP contribution in [0.3, 0.4) is 0 Å². The molecule has 1 aliphatic heterocycles. The summed E-state index contributed by atoms with van der Waals surface area (Å²) in [4.78, 5) is 36.9. The van der Waals surface area contributed by atoms with E-state index >= 15 is 0 Å². The van der Waals surface area contributed by atoms with Crippen molar-refractivity contribution in [2.24, 2.45) is 0 Å². The van der Waals surface area contributed by atoms with Gasteiger partial charge < -0.3 is 14.8 Å². The molecule has 0 atom stereocenters. The molecule has 8 nitrogen and oxygen atoms in total. The highest BCUT2D eigenvalue weighted by Crippen LogP contribution is 2.37. The number of rotatable bonds is 7. The first kappa shape index (κ1) is 27.4. The number of anilines is 1. The van der Waals surface area contributed by atoms with E-state index in [0.717, 1.165) is 16.8 Å². The molecule has 2 aromatic carbocycles. The number of esters is 1. The van der Waals surface area contributed by atoms with Crippen LogP contribution in [-0.4, -0.2) is 40.5 Å². The van der Waals surface area contributed by atoms with E-state index in [1.54, 1.807) is 13.0 Å². The van der Waals surface area contributed by atoms with Crippen LogP contribution >= 0.6 is 70.4 Å². The van der Waals surface area contributed by atoms with Crippen LogP contribution in [0, 0.1) is 0 Å². The van der Waals surface area contributed by atoms with Crippen molar-refractivity contribution in [3.63, 3.8) is 0 Å². The van der Waals surface area contributed by atoms with Crippen molar-refractivity contribution in [3.8, 4) is 5.75 Å². The molecule has 0 spiro atoms. The molecular formula is C21H15Cl4N3O5S2. The second kappa shape index (κ2) is 12.2. The minimum Gasteiger partial charge on any atom is -0.479 e. The molecule has 35 heavy (non-hydrogen) atoms. The number of hydrazine groups is 1. The molecule has 1 heterocycles. The van der Waals surface area contributed by atoms with E-state index in [-0.39, 0.29) is 43.3 Å². The number of hydrogen-bond acceptors (Lipinski definition) is 7. The molecule has 0 unspecified atom stereocenters. The molecule has 0 aromatic heterocycles. The Hall–Kier alpha value is -2.21. The molecule has 1 saturated heterocycles. The number of nitrogens with one attached hydrogen (secondary N) is 2. The molecule has 2 N–H and O–H groups in total. The molecule has 1 fully saturated rings. The van der Waals surface area contributed by atoms with Crippen molar-refractivity contribution in [2.75, 3.05) is 18.5 Å². The van der Waals surface area contributed by atoms with Gasteiger partial charge in [-0.3, -0.25) is 4.79 Å². The summed E-state index contributed by atoms with van der Waals surface area (Å²) < 4.78 is 10.2. The minimum absolute atomic E-state index is 0.103. The number of hydrogen-bond donors (Lipinski definition) is 2. The van der Waals surface area contributed by atoms with Gasteiger partial charge in [-0.2, -0.15) is 5.01 Å². The van der Waals surface area contributed by atoms with Gasteiger partial charge in [-0.1, -0.05) is 58.2 Å². The fraction of sp³-hybridized carbons (Fsp3) is 0.143. The topological polar surface area (TPSA) is 97.0 Å². The van der Waals surface area contributed by atoms with Crippen molar-refractivity contribution >= 4 is 104 Å². The number of amides is 3. The van der Waals surface area contributed by atoms with Crippen LogP contribution in [0.5, 0.6) is 5.75 Å². The zero-order chi connectivity index (χ0) is 25.7. The Labute approximate surface area is 229 Å². The average Bonchev–Trinajstić information content (AvgIpc) is 3.03. The van der Waals surface area contributed by atoms with Crippen molar-refractivity contribution in [1.82, 2.24) is 10.4 Å². The summed E-state index contributed by atoms with van der Waals surface area (Å²) in [6.45, 7) is 1.53. The monoisotopic (exact) mass is 593 g/mol. The Morgan fingerprint density at radius 2 is 1.77 bits per heavy atom. The fourth-order valence-corrected chi connectivity index (χ4v) is 4.78. The number of ether oxygens (including phenoxy) is 2. The maximum atomic E-state index is 12.8. The second-order valence-electron chi connectivity index (χ2n) is 6.62. The third-order valence-corrected chi connectivity index (χ3v) is 6.75. The van der Waals surface area contributed by atoms with Gasteiger partial charge in [0, 0.05) is 5.69 Å². The Bertz CT molecular complexity index is 1220. The van der Waals surface area contributed by atoms with E-state index in [9.17, 15) is 14.4 Å². The third kappa shape index (κ3) is 7.16. The van der Waals surface area contributed by atoms with E-state index < -0.39 is 17.9 Å². The molecule has 3 rings (SSSR count). The van der Waals surface area contributed by atoms with Gasteiger partial charge >= 0.3 is 12.0 Å². The zero-order valence-corrected chi connectivity index (χ0v) is 22.4. The van der Waals surface area contributed by atoms with Crippen molar-refractivity contribution < 1.29 is 23.9 Å². The highest BCUT2D eigenvalue weighted by Gasteiger charge is 2.33. The highest BCUT2D eigenvalue weighted by molar-refractivity contribution is 8.26. The van der Waals surface area contributed by atoms with Gasteiger partial charge in [0.2, 0.25) is 0 Å².